The number of allylic oxidation sites excluding steroid dienone is 1. The van der Waals surface area contributed by atoms with E-state index in [1.165, 1.54) is 12.1 Å². The first kappa shape index (κ1) is 15.4. The van der Waals surface area contributed by atoms with Gasteiger partial charge in [0.25, 0.3) is 0 Å². The maximum Gasteiger partial charge on any atom is 0.220 e. The summed E-state index contributed by atoms with van der Waals surface area (Å²) >= 11 is 0. The van der Waals surface area contributed by atoms with E-state index in [0.29, 0.717) is 12.2 Å². The molecule has 0 amide bonds. The molecule has 5 rings (SSSR count). The van der Waals surface area contributed by atoms with Crippen LogP contribution in [0.25, 0.3) is 0 Å². The Morgan fingerprint density at radius 3 is 2.77 bits per heavy atom. The van der Waals surface area contributed by atoms with Gasteiger partial charge in [0.05, 0.1) is 17.5 Å². The number of halogens is 1. The van der Waals surface area contributed by atoms with Crippen LogP contribution in [0.15, 0.2) is 65.5 Å². The molecule has 26 heavy (non-hydrogen) atoms. The summed E-state index contributed by atoms with van der Waals surface area (Å²) in [5.41, 5.74) is 2.16. The second-order valence-corrected chi connectivity index (χ2v) is 7.09. The van der Waals surface area contributed by atoms with E-state index >= 15 is 0 Å². The topological polar surface area (TPSA) is 45.1 Å². The summed E-state index contributed by atoms with van der Waals surface area (Å²) in [6.07, 6.45) is 4.80. The third-order valence-corrected chi connectivity index (χ3v) is 5.40. The van der Waals surface area contributed by atoms with Gasteiger partial charge in [0.15, 0.2) is 0 Å². The number of hydrogen-bond acceptors (Lipinski definition) is 4. The quantitative estimate of drug-likeness (QED) is 0.811. The number of para-hydroxylation sites is 1. The van der Waals surface area contributed by atoms with Crippen molar-refractivity contribution in [2.45, 2.75) is 37.5 Å². The molecule has 2 aliphatic heterocycles. The van der Waals surface area contributed by atoms with E-state index < -0.39 is 5.72 Å². The maximum absolute atomic E-state index is 13.3. The van der Waals surface area contributed by atoms with Crippen molar-refractivity contribution in [3.8, 4) is 5.75 Å². The molecule has 1 spiro atoms. The minimum Gasteiger partial charge on any atom is -0.512 e. The summed E-state index contributed by atoms with van der Waals surface area (Å²) in [7, 11) is 0. The standard InChI is InChI=1S/C21H19FN2O2/c22-15-9-7-14(8-10-15)18-12-19-17-5-1-2-6-20(17)26-21(24(19)23-18)11-3-4-16(25)13-21/h1-2,5-10,13,19,25H,3-4,11-12H2. The molecule has 4 nitrogen and oxygen atoms in total. The molecule has 0 bridgehead atoms. The third-order valence-electron chi connectivity index (χ3n) is 5.40. The summed E-state index contributed by atoms with van der Waals surface area (Å²) < 4.78 is 19.7. The summed E-state index contributed by atoms with van der Waals surface area (Å²) in [6.45, 7) is 0. The minimum absolute atomic E-state index is 0.0437. The van der Waals surface area contributed by atoms with Crippen LogP contribution >= 0.6 is 0 Å². The van der Waals surface area contributed by atoms with Crippen LogP contribution in [0.5, 0.6) is 5.75 Å². The molecule has 0 saturated carbocycles. The van der Waals surface area contributed by atoms with Gasteiger partial charge in [-0.3, -0.25) is 0 Å². The van der Waals surface area contributed by atoms with Gasteiger partial charge in [-0.05, 0) is 30.2 Å². The van der Waals surface area contributed by atoms with Crippen LogP contribution in [0.1, 0.15) is 42.9 Å². The Morgan fingerprint density at radius 2 is 1.96 bits per heavy atom. The average molecular weight is 350 g/mol. The number of benzene rings is 2. The van der Waals surface area contributed by atoms with Gasteiger partial charge in [0.2, 0.25) is 5.72 Å². The zero-order valence-corrected chi connectivity index (χ0v) is 14.2. The molecule has 0 fully saturated rings. The van der Waals surface area contributed by atoms with Gasteiger partial charge in [-0.1, -0.05) is 30.3 Å². The van der Waals surface area contributed by atoms with Crippen molar-refractivity contribution in [3.63, 3.8) is 0 Å². The lowest BCUT2D eigenvalue weighted by atomic mass is 9.90. The van der Waals surface area contributed by atoms with E-state index in [1.807, 2.05) is 23.2 Å². The molecule has 0 aromatic heterocycles. The van der Waals surface area contributed by atoms with Crippen molar-refractivity contribution < 1.29 is 14.2 Å². The van der Waals surface area contributed by atoms with Crippen LogP contribution in [0.3, 0.4) is 0 Å². The highest BCUT2D eigenvalue weighted by Gasteiger charge is 2.50. The first-order valence-corrected chi connectivity index (χ1v) is 8.96. The van der Waals surface area contributed by atoms with Gasteiger partial charge >= 0.3 is 0 Å². The fourth-order valence-electron chi connectivity index (χ4n) is 4.19. The largest absolute Gasteiger partial charge is 0.512 e. The van der Waals surface area contributed by atoms with Gasteiger partial charge in [0.1, 0.15) is 11.6 Å². The Balaban J connectivity index is 1.63. The fourth-order valence-corrected chi connectivity index (χ4v) is 4.19. The molecule has 0 saturated heterocycles. The minimum atomic E-state index is -0.761. The lowest BCUT2D eigenvalue weighted by Gasteiger charge is -2.47. The van der Waals surface area contributed by atoms with Crippen LogP contribution in [0, 0.1) is 5.82 Å². The maximum atomic E-state index is 13.3. The average Bonchev–Trinajstić information content (AvgIpc) is 3.09. The van der Waals surface area contributed by atoms with E-state index in [9.17, 15) is 9.50 Å². The van der Waals surface area contributed by atoms with Gasteiger partial charge in [0, 0.05) is 30.9 Å². The summed E-state index contributed by atoms with van der Waals surface area (Å²) in [4.78, 5) is 0. The van der Waals surface area contributed by atoms with Gasteiger partial charge in [-0.15, -0.1) is 0 Å². The first-order chi connectivity index (χ1) is 12.6. The molecular formula is C21H19FN2O2. The molecule has 2 aromatic carbocycles. The molecule has 5 heteroatoms. The normalized spacial score (nSPS) is 26.7. The first-order valence-electron chi connectivity index (χ1n) is 8.96. The van der Waals surface area contributed by atoms with Crippen LogP contribution in [0.2, 0.25) is 0 Å². The van der Waals surface area contributed by atoms with Crippen molar-refractivity contribution in [1.82, 2.24) is 5.01 Å². The summed E-state index contributed by atoms with van der Waals surface area (Å²) in [5.74, 6) is 0.936. The van der Waals surface area contributed by atoms with Crippen molar-refractivity contribution in [2.24, 2.45) is 5.10 Å². The van der Waals surface area contributed by atoms with Crippen LogP contribution in [0.4, 0.5) is 4.39 Å². The molecule has 2 atom stereocenters. The summed E-state index contributed by atoms with van der Waals surface area (Å²) in [6, 6.07) is 14.5. The lowest BCUT2D eigenvalue weighted by molar-refractivity contribution is -0.0944. The number of hydrogen-bond donors (Lipinski definition) is 1. The molecule has 132 valence electrons. The Labute approximate surface area is 151 Å². The Bertz CT molecular complexity index is 922. The molecule has 1 aliphatic carbocycles. The number of nitrogens with zero attached hydrogens (tertiary/aromatic N) is 2. The van der Waals surface area contributed by atoms with E-state index in [-0.39, 0.29) is 11.9 Å². The van der Waals surface area contributed by atoms with E-state index in [4.69, 9.17) is 9.84 Å². The zero-order valence-electron chi connectivity index (χ0n) is 14.2. The monoisotopic (exact) mass is 350 g/mol. The SMILES string of the molecule is OC1=CC2(CCC1)Oc1ccccc1C1CC(c3ccc(F)cc3)=NN12. The van der Waals surface area contributed by atoms with E-state index in [0.717, 1.165) is 41.9 Å². The Morgan fingerprint density at radius 1 is 1.15 bits per heavy atom. The molecule has 0 radical (unpaired) electrons. The van der Waals surface area contributed by atoms with Crippen molar-refractivity contribution in [1.29, 1.82) is 0 Å². The Kier molecular flexibility index (Phi) is 3.32. The van der Waals surface area contributed by atoms with Gasteiger partial charge in [-0.25, -0.2) is 9.40 Å². The smallest absolute Gasteiger partial charge is 0.220 e. The van der Waals surface area contributed by atoms with Gasteiger partial charge < -0.3 is 9.84 Å². The number of aliphatic hydroxyl groups is 1. The van der Waals surface area contributed by atoms with Crippen LogP contribution in [-0.2, 0) is 0 Å². The molecule has 2 unspecified atom stereocenters. The van der Waals surface area contributed by atoms with Crippen molar-refractivity contribution in [3.05, 3.63) is 77.3 Å². The number of hydrazone groups is 1. The van der Waals surface area contributed by atoms with Crippen molar-refractivity contribution >= 4 is 5.71 Å². The number of ether oxygens (including phenoxy) is 1. The van der Waals surface area contributed by atoms with E-state index in [1.54, 1.807) is 18.2 Å². The number of rotatable bonds is 1. The van der Waals surface area contributed by atoms with Crippen LogP contribution < -0.4 is 4.74 Å². The second-order valence-electron chi connectivity index (χ2n) is 7.09. The zero-order chi connectivity index (χ0) is 17.7. The van der Waals surface area contributed by atoms with E-state index in [2.05, 4.69) is 6.07 Å². The predicted molar refractivity (Wildman–Crippen MR) is 96.5 cm³/mol. The highest BCUT2D eigenvalue weighted by atomic mass is 19.1. The lowest BCUT2D eigenvalue weighted by Crippen LogP contribution is -2.53. The highest BCUT2D eigenvalue weighted by molar-refractivity contribution is 6.02. The molecule has 1 N–H and O–H groups in total. The fraction of sp³-hybridized carbons (Fsp3) is 0.286. The summed E-state index contributed by atoms with van der Waals surface area (Å²) in [5, 5.41) is 17.0. The van der Waals surface area contributed by atoms with Crippen LogP contribution in [-0.4, -0.2) is 21.6 Å². The second kappa shape index (κ2) is 5.59. The van der Waals surface area contributed by atoms with Crippen molar-refractivity contribution in [2.75, 3.05) is 0 Å². The highest BCUT2D eigenvalue weighted by Crippen LogP contribution is 2.50. The molecule has 3 aliphatic rings. The van der Waals surface area contributed by atoms with Gasteiger partial charge in [-0.2, -0.15) is 5.10 Å². The Hall–Kier alpha value is -2.82. The molecule has 2 aromatic rings. The molecule has 2 heterocycles. The number of fused-ring (bicyclic) bond motifs is 4. The third kappa shape index (κ3) is 2.30. The number of aliphatic hydroxyl groups excluding tert-OH is 1. The molecular weight excluding hydrogens is 331 g/mol. The predicted octanol–water partition coefficient (Wildman–Crippen LogP) is 4.69.